The summed E-state index contributed by atoms with van der Waals surface area (Å²) in [5, 5.41) is 2.82. The molecule has 0 bridgehead atoms. The zero-order valence-electron chi connectivity index (χ0n) is 9.89. The number of nitrogens with two attached hydrogens (primary N) is 1. The normalized spacial score (nSPS) is 11.4. The highest BCUT2D eigenvalue weighted by Crippen LogP contribution is 2.16. The van der Waals surface area contributed by atoms with Crippen LogP contribution in [0.3, 0.4) is 0 Å². The van der Waals surface area contributed by atoms with E-state index in [1.165, 1.54) is 12.1 Å². The first kappa shape index (κ1) is 13.9. The Morgan fingerprint density at radius 2 is 2.18 bits per heavy atom. The molecule has 0 aromatic heterocycles. The SMILES string of the molecule is CC(C)(CN)NC(=O)Cc1ccc(Cl)c(F)c1. The molecule has 0 aliphatic carbocycles. The van der Waals surface area contributed by atoms with Crippen molar-refractivity contribution in [1.82, 2.24) is 5.32 Å². The molecule has 5 heteroatoms. The minimum Gasteiger partial charge on any atom is -0.350 e. The predicted molar refractivity (Wildman–Crippen MR) is 66.4 cm³/mol. The summed E-state index contributed by atoms with van der Waals surface area (Å²) in [7, 11) is 0. The molecule has 0 saturated carbocycles. The van der Waals surface area contributed by atoms with E-state index in [-0.39, 0.29) is 17.4 Å². The molecule has 0 spiro atoms. The van der Waals surface area contributed by atoms with E-state index in [9.17, 15) is 9.18 Å². The standard InChI is InChI=1S/C12H16ClFN2O/c1-12(2,7-15)16-11(17)6-8-3-4-9(13)10(14)5-8/h3-5H,6-7,15H2,1-2H3,(H,16,17). The number of carbonyl (C=O) groups excluding carboxylic acids is 1. The Balaban J connectivity index is 2.65. The fourth-order valence-corrected chi connectivity index (χ4v) is 1.43. The summed E-state index contributed by atoms with van der Waals surface area (Å²) in [6.45, 7) is 3.99. The Kier molecular flexibility index (Phi) is 4.48. The molecular weight excluding hydrogens is 243 g/mol. The lowest BCUT2D eigenvalue weighted by Crippen LogP contribution is -2.49. The Morgan fingerprint density at radius 1 is 1.53 bits per heavy atom. The summed E-state index contributed by atoms with van der Waals surface area (Å²) in [4.78, 5) is 11.7. The summed E-state index contributed by atoms with van der Waals surface area (Å²) in [5.74, 6) is -0.711. The second-order valence-electron chi connectivity index (χ2n) is 4.56. The molecule has 0 atom stereocenters. The molecule has 0 fully saturated rings. The van der Waals surface area contributed by atoms with Crippen LogP contribution in [0.25, 0.3) is 0 Å². The lowest BCUT2D eigenvalue weighted by Gasteiger charge is -2.24. The van der Waals surface area contributed by atoms with Crippen LogP contribution in [0.4, 0.5) is 4.39 Å². The van der Waals surface area contributed by atoms with Crippen LogP contribution in [0.2, 0.25) is 5.02 Å². The third-order valence-corrected chi connectivity index (χ3v) is 2.64. The van der Waals surface area contributed by atoms with Gasteiger partial charge in [-0.05, 0) is 31.5 Å². The van der Waals surface area contributed by atoms with Crippen molar-refractivity contribution in [1.29, 1.82) is 0 Å². The molecule has 3 N–H and O–H groups in total. The van der Waals surface area contributed by atoms with E-state index >= 15 is 0 Å². The maximum Gasteiger partial charge on any atom is 0.224 e. The van der Waals surface area contributed by atoms with E-state index in [1.807, 2.05) is 13.8 Å². The third kappa shape index (κ3) is 4.32. The summed E-state index contributed by atoms with van der Waals surface area (Å²) in [6, 6.07) is 4.32. The Bertz CT molecular complexity index is 421. The predicted octanol–water partition coefficient (Wildman–Crippen LogP) is 1.88. The highest BCUT2D eigenvalue weighted by molar-refractivity contribution is 6.30. The smallest absolute Gasteiger partial charge is 0.224 e. The van der Waals surface area contributed by atoms with Crippen LogP contribution >= 0.6 is 11.6 Å². The van der Waals surface area contributed by atoms with Gasteiger partial charge < -0.3 is 11.1 Å². The van der Waals surface area contributed by atoms with Crippen molar-refractivity contribution in [2.45, 2.75) is 25.8 Å². The Morgan fingerprint density at radius 3 is 2.71 bits per heavy atom. The zero-order valence-corrected chi connectivity index (χ0v) is 10.6. The Labute approximate surface area is 105 Å². The van der Waals surface area contributed by atoms with E-state index in [2.05, 4.69) is 5.32 Å². The van der Waals surface area contributed by atoms with Gasteiger partial charge in [-0.15, -0.1) is 0 Å². The number of hydrogen-bond acceptors (Lipinski definition) is 2. The molecule has 94 valence electrons. The van der Waals surface area contributed by atoms with Crippen LogP contribution in [0.5, 0.6) is 0 Å². The van der Waals surface area contributed by atoms with Gasteiger partial charge in [0.25, 0.3) is 0 Å². The monoisotopic (exact) mass is 258 g/mol. The maximum absolute atomic E-state index is 13.2. The minimum absolute atomic E-state index is 0.0523. The molecule has 1 rings (SSSR count). The van der Waals surface area contributed by atoms with E-state index in [4.69, 9.17) is 17.3 Å². The van der Waals surface area contributed by atoms with E-state index < -0.39 is 11.4 Å². The molecule has 1 aromatic rings. The van der Waals surface area contributed by atoms with Gasteiger partial charge in [0.1, 0.15) is 5.82 Å². The summed E-state index contributed by atoms with van der Waals surface area (Å²) >= 11 is 5.55. The number of rotatable bonds is 4. The highest BCUT2D eigenvalue weighted by Gasteiger charge is 2.18. The topological polar surface area (TPSA) is 55.1 Å². The van der Waals surface area contributed by atoms with Crippen LogP contribution in [-0.4, -0.2) is 18.0 Å². The largest absolute Gasteiger partial charge is 0.350 e. The van der Waals surface area contributed by atoms with Crippen molar-refractivity contribution >= 4 is 17.5 Å². The zero-order chi connectivity index (χ0) is 13.1. The summed E-state index contributed by atoms with van der Waals surface area (Å²) in [6.07, 6.45) is 0.109. The van der Waals surface area contributed by atoms with Crippen molar-refractivity contribution in [3.8, 4) is 0 Å². The van der Waals surface area contributed by atoms with Crippen LogP contribution in [0.15, 0.2) is 18.2 Å². The van der Waals surface area contributed by atoms with Crippen LogP contribution in [0, 0.1) is 5.82 Å². The molecule has 0 radical (unpaired) electrons. The van der Waals surface area contributed by atoms with Crippen molar-refractivity contribution in [3.05, 3.63) is 34.6 Å². The number of carbonyl (C=O) groups is 1. The van der Waals surface area contributed by atoms with Gasteiger partial charge in [-0.1, -0.05) is 17.7 Å². The lowest BCUT2D eigenvalue weighted by molar-refractivity contribution is -0.121. The van der Waals surface area contributed by atoms with Crippen molar-refractivity contribution in [3.63, 3.8) is 0 Å². The second-order valence-corrected chi connectivity index (χ2v) is 4.97. The van der Waals surface area contributed by atoms with Gasteiger partial charge in [-0.3, -0.25) is 4.79 Å². The molecule has 0 aliphatic heterocycles. The number of benzene rings is 1. The number of halogens is 2. The van der Waals surface area contributed by atoms with Gasteiger partial charge in [-0.25, -0.2) is 4.39 Å². The second kappa shape index (κ2) is 5.47. The van der Waals surface area contributed by atoms with Gasteiger partial charge in [0.05, 0.1) is 11.4 Å². The van der Waals surface area contributed by atoms with Gasteiger partial charge in [-0.2, -0.15) is 0 Å². The highest BCUT2D eigenvalue weighted by atomic mass is 35.5. The first-order chi connectivity index (χ1) is 7.84. The molecule has 1 aromatic carbocycles. The molecule has 0 heterocycles. The average molecular weight is 259 g/mol. The fraction of sp³-hybridized carbons (Fsp3) is 0.417. The first-order valence-electron chi connectivity index (χ1n) is 5.29. The van der Waals surface area contributed by atoms with E-state index in [0.29, 0.717) is 12.1 Å². The van der Waals surface area contributed by atoms with Crippen molar-refractivity contribution in [2.24, 2.45) is 5.73 Å². The van der Waals surface area contributed by atoms with Crippen molar-refractivity contribution < 1.29 is 9.18 Å². The first-order valence-corrected chi connectivity index (χ1v) is 5.67. The van der Waals surface area contributed by atoms with Crippen LogP contribution in [-0.2, 0) is 11.2 Å². The third-order valence-electron chi connectivity index (χ3n) is 2.34. The van der Waals surface area contributed by atoms with Crippen molar-refractivity contribution in [2.75, 3.05) is 6.54 Å². The number of nitrogens with one attached hydrogen (secondary N) is 1. The lowest BCUT2D eigenvalue weighted by atomic mass is 10.1. The molecule has 17 heavy (non-hydrogen) atoms. The maximum atomic E-state index is 13.2. The molecule has 3 nitrogen and oxygen atoms in total. The average Bonchev–Trinajstić information content (AvgIpc) is 2.23. The fourth-order valence-electron chi connectivity index (χ4n) is 1.31. The van der Waals surface area contributed by atoms with Crippen LogP contribution in [0.1, 0.15) is 19.4 Å². The van der Waals surface area contributed by atoms with Crippen LogP contribution < -0.4 is 11.1 Å². The number of hydrogen-bond donors (Lipinski definition) is 2. The molecule has 0 saturated heterocycles. The van der Waals surface area contributed by atoms with Gasteiger partial charge in [0, 0.05) is 12.1 Å². The van der Waals surface area contributed by atoms with E-state index in [1.54, 1.807) is 6.07 Å². The van der Waals surface area contributed by atoms with Gasteiger partial charge in [0.2, 0.25) is 5.91 Å². The van der Waals surface area contributed by atoms with Gasteiger partial charge in [0.15, 0.2) is 0 Å². The molecule has 0 unspecified atom stereocenters. The van der Waals surface area contributed by atoms with E-state index in [0.717, 1.165) is 0 Å². The molecular formula is C12H16ClFN2O. The molecule has 1 amide bonds. The van der Waals surface area contributed by atoms with Gasteiger partial charge >= 0.3 is 0 Å². The molecule has 0 aliphatic rings. The minimum atomic E-state index is -0.518. The summed E-state index contributed by atoms with van der Waals surface area (Å²) in [5.41, 5.74) is 5.62. The number of amides is 1. The summed E-state index contributed by atoms with van der Waals surface area (Å²) < 4.78 is 13.2. The Hall–Kier alpha value is -1.13. The quantitative estimate of drug-likeness (QED) is 0.866.